The highest BCUT2D eigenvalue weighted by molar-refractivity contribution is 5.33. The highest BCUT2D eigenvalue weighted by Crippen LogP contribution is 2.12. The van der Waals surface area contributed by atoms with Gasteiger partial charge in [0.1, 0.15) is 6.26 Å². The van der Waals surface area contributed by atoms with Gasteiger partial charge in [0.15, 0.2) is 5.89 Å². The van der Waals surface area contributed by atoms with Crippen LogP contribution in [0.1, 0.15) is 17.1 Å². The summed E-state index contributed by atoms with van der Waals surface area (Å²) < 4.78 is 7.08. The quantitative estimate of drug-likeness (QED) is 0.722. The number of hydrogen-bond acceptors (Lipinski definition) is 4. The Hall–Kier alpha value is -2.40. The van der Waals surface area contributed by atoms with Crippen molar-refractivity contribution < 1.29 is 4.42 Å². The second-order valence-electron chi connectivity index (χ2n) is 5.15. The largest absolute Gasteiger partial charge is 0.449 e. The van der Waals surface area contributed by atoms with Gasteiger partial charge in [-0.1, -0.05) is 12.1 Å². The van der Waals surface area contributed by atoms with Crippen molar-refractivity contribution in [3.8, 4) is 5.69 Å². The molecule has 0 atom stereocenters. The first kappa shape index (κ1) is 13.6. The minimum atomic E-state index is 0.710. The van der Waals surface area contributed by atoms with E-state index >= 15 is 0 Å². The molecule has 0 aliphatic carbocycles. The van der Waals surface area contributed by atoms with E-state index in [4.69, 9.17) is 4.42 Å². The molecule has 3 aromatic rings. The van der Waals surface area contributed by atoms with Crippen LogP contribution in [0.5, 0.6) is 0 Å². The summed E-state index contributed by atoms with van der Waals surface area (Å²) in [5.74, 6) is 0.710. The Morgan fingerprint density at radius 1 is 1.19 bits per heavy atom. The van der Waals surface area contributed by atoms with E-state index in [2.05, 4.69) is 46.3 Å². The fourth-order valence-corrected chi connectivity index (χ4v) is 2.30. The van der Waals surface area contributed by atoms with E-state index in [1.54, 1.807) is 12.5 Å². The third-order valence-electron chi connectivity index (χ3n) is 3.26. The summed E-state index contributed by atoms with van der Waals surface area (Å²) >= 11 is 0. The maximum absolute atomic E-state index is 5.23. The summed E-state index contributed by atoms with van der Waals surface area (Å²) in [6, 6.07) is 10.3. The zero-order valence-corrected chi connectivity index (χ0v) is 12.2. The van der Waals surface area contributed by atoms with Crippen LogP contribution in [0.3, 0.4) is 0 Å². The van der Waals surface area contributed by atoms with Crippen molar-refractivity contribution in [1.29, 1.82) is 0 Å². The third-order valence-corrected chi connectivity index (χ3v) is 3.26. The lowest BCUT2D eigenvalue weighted by Crippen LogP contribution is -2.17. The van der Waals surface area contributed by atoms with E-state index < -0.39 is 0 Å². The Bertz CT molecular complexity index is 685. The smallest absolute Gasteiger partial charge is 0.191 e. The van der Waals surface area contributed by atoms with Crippen LogP contribution in [0.15, 0.2) is 53.4 Å². The van der Waals surface area contributed by atoms with Crippen LogP contribution in [0.25, 0.3) is 5.69 Å². The minimum absolute atomic E-state index is 0.710. The Balaban J connectivity index is 1.62. The first-order valence-electron chi connectivity index (χ1n) is 6.89. The van der Waals surface area contributed by atoms with Crippen LogP contribution >= 0.6 is 0 Å². The van der Waals surface area contributed by atoms with Gasteiger partial charge in [-0.2, -0.15) is 5.10 Å². The van der Waals surface area contributed by atoms with Crippen molar-refractivity contribution in [3.63, 3.8) is 0 Å². The average molecular weight is 282 g/mol. The molecule has 3 rings (SSSR count). The van der Waals surface area contributed by atoms with Gasteiger partial charge >= 0.3 is 0 Å². The molecular weight excluding hydrogens is 264 g/mol. The minimum Gasteiger partial charge on any atom is -0.449 e. The first-order chi connectivity index (χ1) is 10.2. The van der Waals surface area contributed by atoms with E-state index in [-0.39, 0.29) is 0 Å². The summed E-state index contributed by atoms with van der Waals surface area (Å²) in [5.41, 5.74) is 3.29. The monoisotopic (exact) mass is 282 g/mol. The van der Waals surface area contributed by atoms with Crippen molar-refractivity contribution in [2.45, 2.75) is 20.0 Å². The molecule has 2 heterocycles. The second kappa shape index (κ2) is 5.93. The molecule has 0 N–H and O–H groups in total. The number of hydrogen-bond donors (Lipinski definition) is 0. The lowest BCUT2D eigenvalue weighted by Gasteiger charge is -2.15. The fourth-order valence-electron chi connectivity index (χ4n) is 2.30. The maximum Gasteiger partial charge on any atom is 0.191 e. The van der Waals surface area contributed by atoms with Crippen molar-refractivity contribution >= 4 is 0 Å². The van der Waals surface area contributed by atoms with Gasteiger partial charge in [-0.15, -0.1) is 0 Å². The standard InChI is InChI=1S/C16H18N4O/c1-13-18-15(12-21-13)11-19(2)10-14-4-6-16(7-5-14)20-9-3-8-17-20/h3-9,12H,10-11H2,1-2H3. The number of oxazole rings is 1. The third kappa shape index (κ3) is 3.38. The van der Waals surface area contributed by atoms with E-state index in [9.17, 15) is 0 Å². The van der Waals surface area contributed by atoms with Crippen molar-refractivity contribution in [2.24, 2.45) is 0 Å². The van der Waals surface area contributed by atoms with Crippen molar-refractivity contribution in [3.05, 3.63) is 66.1 Å². The van der Waals surface area contributed by atoms with Crippen molar-refractivity contribution in [1.82, 2.24) is 19.7 Å². The van der Waals surface area contributed by atoms with Gasteiger partial charge in [0.2, 0.25) is 0 Å². The average Bonchev–Trinajstić information content (AvgIpc) is 3.11. The lowest BCUT2D eigenvalue weighted by atomic mass is 10.2. The van der Waals surface area contributed by atoms with Crippen LogP contribution < -0.4 is 0 Å². The molecule has 0 amide bonds. The predicted octanol–water partition coefficient (Wildman–Crippen LogP) is 2.80. The molecule has 0 radical (unpaired) electrons. The molecule has 0 spiro atoms. The molecule has 5 nitrogen and oxygen atoms in total. The maximum atomic E-state index is 5.23. The molecule has 0 bridgehead atoms. The Morgan fingerprint density at radius 2 is 2.00 bits per heavy atom. The molecule has 0 saturated carbocycles. The van der Waals surface area contributed by atoms with Crippen LogP contribution in [-0.2, 0) is 13.1 Å². The number of nitrogens with zero attached hydrogens (tertiary/aromatic N) is 4. The van der Waals surface area contributed by atoms with Crippen LogP contribution in [0, 0.1) is 6.92 Å². The highest BCUT2D eigenvalue weighted by atomic mass is 16.3. The Labute approximate surface area is 123 Å². The molecule has 0 fully saturated rings. The summed E-state index contributed by atoms with van der Waals surface area (Å²) in [5, 5.41) is 4.22. The van der Waals surface area contributed by atoms with Crippen LogP contribution in [0.2, 0.25) is 0 Å². The Morgan fingerprint density at radius 3 is 2.62 bits per heavy atom. The molecule has 2 aromatic heterocycles. The van der Waals surface area contributed by atoms with Crippen molar-refractivity contribution in [2.75, 3.05) is 7.05 Å². The topological polar surface area (TPSA) is 47.1 Å². The SMILES string of the molecule is Cc1nc(CN(C)Cc2ccc(-n3cccn3)cc2)co1. The van der Waals surface area contributed by atoms with Gasteiger partial charge in [-0.25, -0.2) is 9.67 Å². The molecule has 21 heavy (non-hydrogen) atoms. The lowest BCUT2D eigenvalue weighted by molar-refractivity contribution is 0.315. The van der Waals surface area contributed by atoms with Crippen LogP contribution in [0.4, 0.5) is 0 Å². The predicted molar refractivity (Wildman–Crippen MR) is 80.0 cm³/mol. The zero-order valence-electron chi connectivity index (χ0n) is 12.2. The van der Waals surface area contributed by atoms with E-state index in [0.29, 0.717) is 5.89 Å². The summed E-state index contributed by atoms with van der Waals surface area (Å²) in [4.78, 5) is 6.53. The van der Waals surface area contributed by atoms with E-state index in [1.165, 1.54) is 5.56 Å². The summed E-state index contributed by atoms with van der Waals surface area (Å²) in [6.45, 7) is 3.50. The zero-order chi connectivity index (χ0) is 14.7. The van der Waals surface area contributed by atoms with Gasteiger partial charge < -0.3 is 4.42 Å². The van der Waals surface area contributed by atoms with Crippen LogP contribution in [-0.4, -0.2) is 26.7 Å². The van der Waals surface area contributed by atoms with Gasteiger partial charge in [0.25, 0.3) is 0 Å². The molecule has 0 aliphatic heterocycles. The molecule has 0 aliphatic rings. The van der Waals surface area contributed by atoms with Gasteiger partial charge in [-0.05, 0) is 30.8 Å². The van der Waals surface area contributed by atoms with E-state index in [0.717, 1.165) is 24.5 Å². The molecule has 108 valence electrons. The van der Waals surface area contributed by atoms with Gasteiger partial charge in [-0.3, -0.25) is 4.90 Å². The first-order valence-corrected chi connectivity index (χ1v) is 6.89. The summed E-state index contributed by atoms with van der Waals surface area (Å²) in [7, 11) is 2.07. The highest BCUT2D eigenvalue weighted by Gasteiger charge is 2.06. The normalized spacial score (nSPS) is 11.2. The molecule has 0 saturated heterocycles. The Kier molecular flexibility index (Phi) is 3.83. The van der Waals surface area contributed by atoms with Gasteiger partial charge in [0, 0.05) is 32.4 Å². The molecule has 5 heteroatoms. The number of rotatable bonds is 5. The second-order valence-corrected chi connectivity index (χ2v) is 5.15. The fraction of sp³-hybridized carbons (Fsp3) is 0.250. The number of aryl methyl sites for hydroxylation is 1. The number of benzene rings is 1. The van der Waals surface area contributed by atoms with Gasteiger partial charge in [0.05, 0.1) is 11.4 Å². The molecule has 1 aromatic carbocycles. The number of aromatic nitrogens is 3. The van der Waals surface area contributed by atoms with E-state index in [1.807, 2.05) is 23.9 Å². The molecular formula is C16H18N4O. The molecule has 0 unspecified atom stereocenters. The summed E-state index contributed by atoms with van der Waals surface area (Å²) in [6.07, 6.45) is 5.43.